The van der Waals surface area contributed by atoms with Crippen molar-refractivity contribution in [3.8, 4) is 0 Å². The number of nitrogens with two attached hydrogens (primary N) is 1. The Labute approximate surface area is 96.3 Å². The fourth-order valence-electron chi connectivity index (χ4n) is 1.36. The molecule has 1 rings (SSSR count). The van der Waals surface area contributed by atoms with Crippen molar-refractivity contribution < 1.29 is 13.2 Å². The molecule has 2 N–H and O–H groups in total. The Kier molecular flexibility index (Phi) is 4.32. The van der Waals surface area contributed by atoms with Crippen LogP contribution in [0, 0.1) is 0 Å². The van der Waals surface area contributed by atoms with Crippen LogP contribution in [0.1, 0.15) is 13.3 Å². The van der Waals surface area contributed by atoms with Gasteiger partial charge in [-0.2, -0.15) is 0 Å². The fourth-order valence-corrected chi connectivity index (χ4v) is 2.80. The van der Waals surface area contributed by atoms with Crippen LogP contribution >= 0.6 is 0 Å². The van der Waals surface area contributed by atoms with E-state index in [1.807, 2.05) is 0 Å². The summed E-state index contributed by atoms with van der Waals surface area (Å²) in [6.07, 6.45) is 0.480. The van der Waals surface area contributed by atoms with E-state index in [1.54, 1.807) is 32.2 Å². The molecule has 1 aromatic carbocycles. The molecule has 0 aliphatic rings. The third-order valence-corrected chi connectivity index (χ3v) is 4.65. The molecule has 0 saturated carbocycles. The highest BCUT2D eigenvalue weighted by molar-refractivity contribution is 7.92. The monoisotopic (exact) mass is 243 g/mol. The quantitative estimate of drug-likeness (QED) is 0.795. The second-order valence-electron chi connectivity index (χ2n) is 3.71. The molecular weight excluding hydrogens is 226 g/mol. The summed E-state index contributed by atoms with van der Waals surface area (Å²) in [7, 11) is -1.74. The predicted molar refractivity (Wildman–Crippen MR) is 64.0 cm³/mol. The van der Waals surface area contributed by atoms with Crippen molar-refractivity contribution in [2.75, 3.05) is 19.5 Å². The van der Waals surface area contributed by atoms with Crippen LogP contribution in [0.2, 0.25) is 0 Å². The molecule has 0 aliphatic heterocycles. The zero-order valence-electron chi connectivity index (χ0n) is 9.51. The second-order valence-corrected chi connectivity index (χ2v) is 6.08. The van der Waals surface area contributed by atoms with Gasteiger partial charge in [0.15, 0.2) is 9.84 Å². The van der Waals surface area contributed by atoms with Crippen molar-refractivity contribution in [1.82, 2.24) is 0 Å². The van der Waals surface area contributed by atoms with Crippen molar-refractivity contribution in [1.29, 1.82) is 0 Å². The van der Waals surface area contributed by atoms with E-state index in [9.17, 15) is 8.42 Å². The Morgan fingerprint density at radius 3 is 2.69 bits per heavy atom. The van der Waals surface area contributed by atoms with Crippen molar-refractivity contribution in [2.24, 2.45) is 0 Å². The van der Waals surface area contributed by atoms with Gasteiger partial charge in [-0.3, -0.25) is 0 Å². The summed E-state index contributed by atoms with van der Waals surface area (Å²) >= 11 is 0. The first-order valence-electron chi connectivity index (χ1n) is 5.07. The van der Waals surface area contributed by atoms with Crippen molar-refractivity contribution >= 4 is 15.5 Å². The molecule has 0 spiro atoms. The summed E-state index contributed by atoms with van der Waals surface area (Å²) in [6.45, 7) is 2.11. The van der Waals surface area contributed by atoms with Gasteiger partial charge in [0.05, 0.1) is 10.1 Å². The largest absolute Gasteiger partial charge is 0.399 e. The maximum Gasteiger partial charge on any atom is 0.181 e. The Morgan fingerprint density at radius 2 is 2.12 bits per heavy atom. The second kappa shape index (κ2) is 5.32. The molecule has 1 aromatic rings. The molecule has 16 heavy (non-hydrogen) atoms. The van der Waals surface area contributed by atoms with Crippen molar-refractivity contribution in [3.63, 3.8) is 0 Å². The Balaban J connectivity index is 2.93. The van der Waals surface area contributed by atoms with E-state index in [0.717, 1.165) is 0 Å². The Bertz CT molecular complexity index is 442. The average Bonchev–Trinajstić information content (AvgIpc) is 2.25. The molecule has 0 saturated heterocycles. The molecule has 0 radical (unpaired) electrons. The fraction of sp³-hybridized carbons (Fsp3) is 0.455. The predicted octanol–water partition coefficient (Wildman–Crippen LogP) is 1.47. The molecular formula is C11H17NO3S. The van der Waals surface area contributed by atoms with Crippen LogP contribution in [-0.4, -0.2) is 27.4 Å². The number of methoxy groups -OCH3 is 1. The van der Waals surface area contributed by atoms with Crippen LogP contribution in [0.15, 0.2) is 29.2 Å². The first-order valence-corrected chi connectivity index (χ1v) is 6.61. The van der Waals surface area contributed by atoms with E-state index in [1.165, 1.54) is 6.07 Å². The van der Waals surface area contributed by atoms with Crippen molar-refractivity contribution in [3.05, 3.63) is 24.3 Å². The average molecular weight is 243 g/mol. The number of nitrogen functional groups attached to an aromatic ring is 1. The number of ether oxygens (including phenoxy) is 1. The molecule has 0 fully saturated rings. The molecule has 0 bridgehead atoms. The number of anilines is 1. The summed E-state index contributed by atoms with van der Waals surface area (Å²) < 4.78 is 29.0. The zero-order valence-corrected chi connectivity index (χ0v) is 10.3. The topological polar surface area (TPSA) is 69.4 Å². The first-order chi connectivity index (χ1) is 7.48. The van der Waals surface area contributed by atoms with Crippen LogP contribution in [0.3, 0.4) is 0 Å². The molecule has 90 valence electrons. The van der Waals surface area contributed by atoms with Gasteiger partial charge >= 0.3 is 0 Å². The minimum absolute atomic E-state index is 0.274. The highest BCUT2D eigenvalue weighted by Crippen LogP contribution is 2.20. The first kappa shape index (κ1) is 13.0. The summed E-state index contributed by atoms with van der Waals surface area (Å²) in [5.74, 6) is 0. The molecule has 0 aliphatic carbocycles. The van der Waals surface area contributed by atoms with Crippen LogP contribution in [0.4, 0.5) is 5.69 Å². The molecule has 1 unspecified atom stereocenters. The third-order valence-electron chi connectivity index (χ3n) is 2.44. The SMILES string of the molecule is COCCC(C)S(=O)(=O)c1cccc(N)c1. The molecule has 4 nitrogen and oxygen atoms in total. The lowest BCUT2D eigenvalue weighted by molar-refractivity contribution is 0.194. The highest BCUT2D eigenvalue weighted by atomic mass is 32.2. The summed E-state index contributed by atoms with van der Waals surface area (Å²) in [5, 5.41) is -0.464. The van der Waals surface area contributed by atoms with Gasteiger partial charge < -0.3 is 10.5 Å². The summed E-state index contributed by atoms with van der Waals surface area (Å²) in [6, 6.07) is 6.36. The van der Waals surface area contributed by atoms with E-state index in [0.29, 0.717) is 18.7 Å². The minimum Gasteiger partial charge on any atom is -0.399 e. The van der Waals surface area contributed by atoms with Gasteiger partial charge in [0.25, 0.3) is 0 Å². The van der Waals surface area contributed by atoms with Gasteiger partial charge in [-0.15, -0.1) is 0 Å². The third kappa shape index (κ3) is 2.96. The van der Waals surface area contributed by atoms with Crippen LogP contribution in [0.5, 0.6) is 0 Å². The lowest BCUT2D eigenvalue weighted by atomic mass is 10.3. The summed E-state index contributed by atoms with van der Waals surface area (Å²) in [4.78, 5) is 0.274. The lowest BCUT2D eigenvalue weighted by Gasteiger charge is -2.12. The van der Waals surface area contributed by atoms with Gasteiger partial charge in [-0.05, 0) is 31.5 Å². The highest BCUT2D eigenvalue weighted by Gasteiger charge is 2.22. The van der Waals surface area contributed by atoms with Crippen molar-refractivity contribution in [2.45, 2.75) is 23.5 Å². The van der Waals surface area contributed by atoms with Gasteiger partial charge in [-0.1, -0.05) is 6.07 Å². The van der Waals surface area contributed by atoms with Crippen LogP contribution < -0.4 is 5.73 Å². The number of rotatable bonds is 5. The van der Waals surface area contributed by atoms with Gasteiger partial charge in [0.1, 0.15) is 0 Å². The molecule has 0 aromatic heterocycles. The molecule has 0 amide bonds. The maximum atomic E-state index is 12.1. The number of hydrogen-bond acceptors (Lipinski definition) is 4. The maximum absolute atomic E-state index is 12.1. The summed E-state index contributed by atoms with van der Waals surface area (Å²) in [5.41, 5.74) is 6.02. The van der Waals surface area contributed by atoms with Crippen LogP contribution in [-0.2, 0) is 14.6 Å². The van der Waals surface area contributed by atoms with Gasteiger partial charge in [0, 0.05) is 19.4 Å². The van der Waals surface area contributed by atoms with Gasteiger partial charge in [0.2, 0.25) is 0 Å². The lowest BCUT2D eigenvalue weighted by Crippen LogP contribution is -2.19. The number of hydrogen-bond donors (Lipinski definition) is 1. The smallest absolute Gasteiger partial charge is 0.181 e. The van der Waals surface area contributed by atoms with Crippen LogP contribution in [0.25, 0.3) is 0 Å². The van der Waals surface area contributed by atoms with E-state index >= 15 is 0 Å². The Morgan fingerprint density at radius 1 is 1.44 bits per heavy atom. The molecule has 0 heterocycles. The standard InChI is InChI=1S/C11H17NO3S/c1-9(6-7-15-2)16(13,14)11-5-3-4-10(12)8-11/h3-5,8-9H,6-7,12H2,1-2H3. The molecule has 5 heteroatoms. The normalized spacial score (nSPS) is 13.6. The van der Waals surface area contributed by atoms with E-state index in [4.69, 9.17) is 10.5 Å². The van der Waals surface area contributed by atoms with E-state index < -0.39 is 15.1 Å². The Hall–Kier alpha value is -1.07. The van der Waals surface area contributed by atoms with E-state index in [-0.39, 0.29) is 4.90 Å². The minimum atomic E-state index is -3.29. The van der Waals surface area contributed by atoms with E-state index in [2.05, 4.69) is 0 Å². The number of benzene rings is 1. The van der Waals surface area contributed by atoms with Gasteiger partial charge in [-0.25, -0.2) is 8.42 Å². The molecule has 1 atom stereocenters. The number of sulfone groups is 1. The zero-order chi connectivity index (χ0) is 12.2.